The summed E-state index contributed by atoms with van der Waals surface area (Å²) in [5.41, 5.74) is 5.35. The summed E-state index contributed by atoms with van der Waals surface area (Å²) in [7, 11) is 0. The van der Waals surface area contributed by atoms with E-state index in [0.717, 1.165) is 0 Å². The minimum absolute atomic E-state index is 0.0375. The van der Waals surface area contributed by atoms with E-state index in [1.165, 1.54) is 12.1 Å². The molecule has 1 aromatic rings. The van der Waals surface area contributed by atoms with Crippen molar-refractivity contribution in [3.63, 3.8) is 0 Å². The number of amides is 1. The fourth-order valence-corrected chi connectivity index (χ4v) is 2.09. The van der Waals surface area contributed by atoms with E-state index in [1.54, 1.807) is 0 Å². The number of carbonyl (C=O) groups is 2. The molecule has 0 aliphatic carbocycles. The zero-order valence-electron chi connectivity index (χ0n) is 10.2. The van der Waals surface area contributed by atoms with Crippen molar-refractivity contribution in [3.05, 3.63) is 27.7 Å². The highest BCUT2D eigenvalue weighted by atomic mass is 35.5. The maximum Gasteiger partial charge on any atom is 0.337 e. The lowest BCUT2D eigenvalue weighted by atomic mass is 10.1. The molecule has 1 aromatic carbocycles. The summed E-state index contributed by atoms with van der Waals surface area (Å²) in [5, 5.41) is 11.8. The lowest BCUT2D eigenvalue weighted by Gasteiger charge is -2.15. The van der Waals surface area contributed by atoms with Gasteiger partial charge in [0.15, 0.2) is 0 Å². The van der Waals surface area contributed by atoms with Crippen LogP contribution in [0.4, 0.5) is 5.69 Å². The Morgan fingerprint density at radius 2 is 2.05 bits per heavy atom. The van der Waals surface area contributed by atoms with Crippen molar-refractivity contribution in [3.8, 4) is 0 Å². The van der Waals surface area contributed by atoms with Crippen molar-refractivity contribution in [2.75, 3.05) is 11.9 Å². The maximum absolute atomic E-state index is 11.9. The smallest absolute Gasteiger partial charge is 0.337 e. The number of hydrogen-bond acceptors (Lipinski definition) is 3. The van der Waals surface area contributed by atoms with Gasteiger partial charge in [-0.1, -0.05) is 30.1 Å². The molecule has 0 aliphatic heterocycles. The van der Waals surface area contributed by atoms with Crippen molar-refractivity contribution in [2.45, 2.75) is 13.3 Å². The summed E-state index contributed by atoms with van der Waals surface area (Å²) < 4.78 is 0. The molecule has 104 valence electrons. The summed E-state index contributed by atoms with van der Waals surface area (Å²) in [4.78, 5) is 23.0. The van der Waals surface area contributed by atoms with Gasteiger partial charge in [0.25, 0.3) is 0 Å². The molecule has 5 nitrogen and oxygen atoms in total. The van der Waals surface area contributed by atoms with Gasteiger partial charge in [-0.3, -0.25) is 4.79 Å². The third-order valence-corrected chi connectivity index (χ3v) is 3.20. The Balaban J connectivity index is 3.13. The van der Waals surface area contributed by atoms with Crippen LogP contribution in [0.5, 0.6) is 0 Å². The van der Waals surface area contributed by atoms with E-state index in [9.17, 15) is 9.59 Å². The first kappa shape index (κ1) is 15.8. The van der Waals surface area contributed by atoms with Crippen molar-refractivity contribution >= 4 is 40.8 Å². The normalized spacial score (nSPS) is 12.0. The third-order valence-electron chi connectivity index (χ3n) is 2.68. The molecular formula is C12H14Cl2N2O3. The Bertz CT molecular complexity index is 502. The van der Waals surface area contributed by atoms with Crippen LogP contribution >= 0.6 is 23.2 Å². The van der Waals surface area contributed by atoms with Crippen LogP contribution in [0, 0.1) is 5.92 Å². The number of carboxylic acid groups (broad SMARTS) is 1. The lowest BCUT2D eigenvalue weighted by Crippen LogP contribution is -2.29. The van der Waals surface area contributed by atoms with E-state index >= 15 is 0 Å². The van der Waals surface area contributed by atoms with Crippen LogP contribution in [0.3, 0.4) is 0 Å². The van der Waals surface area contributed by atoms with Crippen molar-refractivity contribution in [1.82, 2.24) is 0 Å². The molecule has 19 heavy (non-hydrogen) atoms. The Hall–Kier alpha value is -1.30. The second-order valence-electron chi connectivity index (χ2n) is 3.95. The number of nitrogens with one attached hydrogen (secondary N) is 1. The molecule has 0 spiro atoms. The fourth-order valence-electron chi connectivity index (χ4n) is 1.55. The summed E-state index contributed by atoms with van der Waals surface area (Å²) >= 11 is 11.7. The molecule has 0 heterocycles. The Labute approximate surface area is 120 Å². The first-order valence-corrected chi connectivity index (χ1v) is 6.39. The summed E-state index contributed by atoms with van der Waals surface area (Å²) in [6.45, 7) is 1.99. The Morgan fingerprint density at radius 1 is 1.42 bits per heavy atom. The molecule has 0 saturated heterocycles. The fraction of sp³-hybridized carbons (Fsp3) is 0.333. The Morgan fingerprint density at radius 3 is 2.53 bits per heavy atom. The molecule has 7 heteroatoms. The van der Waals surface area contributed by atoms with E-state index in [0.29, 0.717) is 6.42 Å². The number of carboxylic acids is 1. The molecule has 0 bridgehead atoms. The largest absolute Gasteiger partial charge is 0.478 e. The highest BCUT2D eigenvalue weighted by molar-refractivity contribution is 6.37. The minimum atomic E-state index is -1.22. The average molecular weight is 305 g/mol. The van der Waals surface area contributed by atoms with E-state index < -0.39 is 11.9 Å². The van der Waals surface area contributed by atoms with Gasteiger partial charge < -0.3 is 16.2 Å². The third kappa shape index (κ3) is 3.83. The molecule has 0 aromatic heterocycles. The van der Waals surface area contributed by atoms with Gasteiger partial charge in [-0.25, -0.2) is 4.79 Å². The van der Waals surface area contributed by atoms with E-state index in [4.69, 9.17) is 34.0 Å². The predicted molar refractivity (Wildman–Crippen MR) is 74.9 cm³/mol. The quantitative estimate of drug-likeness (QED) is 0.779. The van der Waals surface area contributed by atoms with Crippen LogP contribution < -0.4 is 11.1 Å². The second kappa shape index (κ2) is 6.75. The summed E-state index contributed by atoms with van der Waals surface area (Å²) in [6.07, 6.45) is 0.552. The maximum atomic E-state index is 11.9. The van der Waals surface area contributed by atoms with Gasteiger partial charge in [0.2, 0.25) is 5.91 Å². The summed E-state index contributed by atoms with van der Waals surface area (Å²) in [6, 6.07) is 2.60. The highest BCUT2D eigenvalue weighted by Gasteiger charge is 2.20. The van der Waals surface area contributed by atoms with Crippen molar-refractivity contribution < 1.29 is 14.7 Å². The van der Waals surface area contributed by atoms with Crippen molar-refractivity contribution in [2.24, 2.45) is 11.7 Å². The van der Waals surface area contributed by atoms with Gasteiger partial charge in [-0.15, -0.1) is 0 Å². The van der Waals surface area contributed by atoms with Gasteiger partial charge >= 0.3 is 5.97 Å². The van der Waals surface area contributed by atoms with Crippen LogP contribution in [0.15, 0.2) is 12.1 Å². The zero-order valence-corrected chi connectivity index (χ0v) is 11.8. The average Bonchev–Trinajstić information content (AvgIpc) is 2.33. The van der Waals surface area contributed by atoms with Gasteiger partial charge in [-0.2, -0.15) is 0 Å². The monoisotopic (exact) mass is 304 g/mol. The minimum Gasteiger partial charge on any atom is -0.478 e. The SMILES string of the molecule is CCC(CN)C(=O)Nc1c(Cl)cc(Cl)cc1C(=O)O. The number of nitrogens with two attached hydrogens (primary N) is 1. The molecule has 1 atom stereocenters. The van der Waals surface area contributed by atoms with Crippen molar-refractivity contribution in [1.29, 1.82) is 0 Å². The van der Waals surface area contributed by atoms with Gasteiger partial charge in [-0.05, 0) is 18.6 Å². The Kier molecular flexibility index (Phi) is 5.60. The molecule has 0 radical (unpaired) electrons. The number of carbonyl (C=O) groups excluding carboxylic acids is 1. The topological polar surface area (TPSA) is 92.4 Å². The van der Waals surface area contributed by atoms with Crippen LogP contribution in [0.2, 0.25) is 10.0 Å². The van der Waals surface area contributed by atoms with Crippen LogP contribution in [0.25, 0.3) is 0 Å². The molecule has 1 rings (SSSR count). The van der Waals surface area contributed by atoms with E-state index in [-0.39, 0.29) is 33.7 Å². The standard InChI is InChI=1S/C12H14Cl2N2O3/c1-2-6(5-15)11(17)16-10-8(12(18)19)3-7(13)4-9(10)14/h3-4,6H,2,5,15H2,1H3,(H,16,17)(H,18,19). The first-order chi connectivity index (χ1) is 8.90. The molecule has 4 N–H and O–H groups in total. The predicted octanol–water partition coefficient (Wildman–Crippen LogP) is 2.62. The summed E-state index contributed by atoms with van der Waals surface area (Å²) in [5.74, 6) is -1.98. The highest BCUT2D eigenvalue weighted by Crippen LogP contribution is 2.30. The molecule has 0 aliphatic rings. The molecule has 1 amide bonds. The van der Waals surface area contributed by atoms with E-state index in [2.05, 4.69) is 5.32 Å². The van der Waals surface area contributed by atoms with Gasteiger partial charge in [0.05, 0.1) is 22.2 Å². The van der Waals surface area contributed by atoms with E-state index in [1.807, 2.05) is 6.92 Å². The van der Waals surface area contributed by atoms with Gasteiger partial charge in [0, 0.05) is 11.6 Å². The molecule has 0 saturated carbocycles. The van der Waals surface area contributed by atoms with Crippen LogP contribution in [0.1, 0.15) is 23.7 Å². The molecular weight excluding hydrogens is 291 g/mol. The lowest BCUT2D eigenvalue weighted by molar-refractivity contribution is -0.119. The number of anilines is 1. The van der Waals surface area contributed by atoms with Crippen LogP contribution in [-0.2, 0) is 4.79 Å². The molecule has 0 fully saturated rings. The number of halogens is 2. The second-order valence-corrected chi connectivity index (χ2v) is 4.79. The van der Waals surface area contributed by atoms with Crippen LogP contribution in [-0.4, -0.2) is 23.5 Å². The number of benzene rings is 1. The number of rotatable bonds is 5. The number of aromatic carboxylic acids is 1. The zero-order chi connectivity index (χ0) is 14.6. The van der Waals surface area contributed by atoms with Gasteiger partial charge in [0.1, 0.15) is 0 Å². The molecule has 1 unspecified atom stereocenters. The first-order valence-electron chi connectivity index (χ1n) is 5.64. The number of hydrogen-bond donors (Lipinski definition) is 3.